The number of methoxy groups -OCH3 is 1. The van der Waals surface area contributed by atoms with Gasteiger partial charge in [0, 0.05) is 4.88 Å². The van der Waals surface area contributed by atoms with Crippen molar-refractivity contribution < 1.29 is 19.1 Å². The Bertz CT molecular complexity index is 869. The Morgan fingerprint density at radius 3 is 2.58 bits per heavy atom. The third-order valence-corrected chi connectivity index (χ3v) is 4.57. The molecule has 4 amide bonds. The number of carbonyl (C=O) groups excluding carboxylic acids is 3. The molecule has 1 N–H and O–H groups in total. The van der Waals surface area contributed by atoms with Gasteiger partial charge in [-0.1, -0.05) is 12.1 Å². The number of aryl methyl sites for hydroxylation is 1. The Morgan fingerprint density at radius 1 is 1.17 bits per heavy atom. The van der Waals surface area contributed by atoms with Crippen molar-refractivity contribution >= 4 is 40.9 Å². The van der Waals surface area contributed by atoms with Crippen LogP contribution in [-0.4, -0.2) is 25.0 Å². The number of urea groups is 1. The molecule has 0 aliphatic carbocycles. The molecule has 2 heterocycles. The quantitative estimate of drug-likeness (QED) is 0.687. The van der Waals surface area contributed by atoms with Crippen LogP contribution >= 0.6 is 11.3 Å². The third-order valence-electron chi connectivity index (χ3n) is 3.60. The number of para-hydroxylation sites is 2. The predicted molar refractivity (Wildman–Crippen MR) is 91.1 cm³/mol. The van der Waals surface area contributed by atoms with Crippen LogP contribution in [0.4, 0.5) is 10.5 Å². The zero-order chi connectivity index (χ0) is 17.3. The van der Waals surface area contributed by atoms with Crippen molar-refractivity contribution in [2.75, 3.05) is 12.0 Å². The summed E-state index contributed by atoms with van der Waals surface area (Å²) in [6, 6.07) is 7.73. The van der Waals surface area contributed by atoms with Gasteiger partial charge >= 0.3 is 6.03 Å². The molecule has 3 rings (SSSR count). The Kier molecular flexibility index (Phi) is 4.18. The summed E-state index contributed by atoms with van der Waals surface area (Å²) in [4.78, 5) is 38.8. The second-order valence-corrected chi connectivity index (χ2v) is 6.05. The minimum Gasteiger partial charge on any atom is -0.495 e. The molecule has 0 unspecified atom stereocenters. The van der Waals surface area contributed by atoms with Gasteiger partial charge in [-0.25, -0.2) is 9.69 Å². The average molecular weight is 342 g/mol. The Balaban J connectivity index is 2.07. The molecule has 0 radical (unpaired) electrons. The van der Waals surface area contributed by atoms with Crippen LogP contribution in [0.3, 0.4) is 0 Å². The van der Waals surface area contributed by atoms with Crippen molar-refractivity contribution in [2.45, 2.75) is 6.92 Å². The van der Waals surface area contributed by atoms with E-state index in [1.807, 2.05) is 18.4 Å². The number of benzene rings is 1. The molecule has 2 aromatic rings. The van der Waals surface area contributed by atoms with Crippen LogP contribution in [0.5, 0.6) is 5.75 Å². The second-order valence-electron chi connectivity index (χ2n) is 5.10. The molecule has 24 heavy (non-hydrogen) atoms. The molecule has 7 heteroatoms. The SMILES string of the molecule is COc1ccccc1N1C(=O)NC(=O)C(=Cc2sccc2C)C1=O. The van der Waals surface area contributed by atoms with Gasteiger partial charge in [0.05, 0.1) is 12.8 Å². The van der Waals surface area contributed by atoms with Gasteiger partial charge in [0.15, 0.2) is 0 Å². The molecule has 0 atom stereocenters. The summed E-state index contributed by atoms with van der Waals surface area (Å²) in [5.41, 5.74) is 1.14. The molecule has 1 fully saturated rings. The predicted octanol–water partition coefficient (Wildman–Crippen LogP) is 2.73. The molecule has 1 aromatic carbocycles. The molecule has 1 aliphatic rings. The first-order valence-electron chi connectivity index (χ1n) is 7.11. The largest absolute Gasteiger partial charge is 0.495 e. The maximum absolute atomic E-state index is 12.8. The van der Waals surface area contributed by atoms with E-state index in [2.05, 4.69) is 5.32 Å². The van der Waals surface area contributed by atoms with Crippen molar-refractivity contribution in [1.82, 2.24) is 5.32 Å². The number of barbiturate groups is 1. The molecular weight excluding hydrogens is 328 g/mol. The van der Waals surface area contributed by atoms with Gasteiger partial charge in [-0.15, -0.1) is 11.3 Å². The standard InChI is InChI=1S/C17H14N2O4S/c1-10-7-8-24-14(10)9-11-15(20)18-17(22)19(16(11)21)12-5-3-4-6-13(12)23-2/h3-9H,1-2H3,(H,18,20,22). The molecule has 0 bridgehead atoms. The van der Waals surface area contributed by atoms with Gasteiger partial charge in [-0.3, -0.25) is 14.9 Å². The van der Waals surface area contributed by atoms with E-state index in [-0.39, 0.29) is 11.3 Å². The number of nitrogens with one attached hydrogen (secondary N) is 1. The normalized spacial score (nSPS) is 16.5. The summed E-state index contributed by atoms with van der Waals surface area (Å²) >= 11 is 1.42. The topological polar surface area (TPSA) is 75.7 Å². The Hall–Kier alpha value is -2.93. The van der Waals surface area contributed by atoms with Crippen molar-refractivity contribution in [3.8, 4) is 5.75 Å². The zero-order valence-electron chi connectivity index (χ0n) is 13.0. The lowest BCUT2D eigenvalue weighted by Gasteiger charge is -2.27. The number of imide groups is 2. The first-order chi connectivity index (χ1) is 11.5. The molecule has 6 nitrogen and oxygen atoms in total. The van der Waals surface area contributed by atoms with Crippen LogP contribution in [0.2, 0.25) is 0 Å². The van der Waals surface area contributed by atoms with Crippen LogP contribution in [-0.2, 0) is 9.59 Å². The van der Waals surface area contributed by atoms with Crippen molar-refractivity contribution in [3.63, 3.8) is 0 Å². The second kappa shape index (κ2) is 6.29. The van der Waals surface area contributed by atoms with Crippen molar-refractivity contribution in [3.05, 3.63) is 51.7 Å². The molecule has 1 aromatic heterocycles. The summed E-state index contributed by atoms with van der Waals surface area (Å²) in [6.07, 6.45) is 1.51. The summed E-state index contributed by atoms with van der Waals surface area (Å²) in [6.45, 7) is 1.89. The highest BCUT2D eigenvalue weighted by molar-refractivity contribution is 7.11. The van der Waals surface area contributed by atoms with E-state index < -0.39 is 17.8 Å². The van der Waals surface area contributed by atoms with E-state index in [1.165, 1.54) is 24.5 Å². The van der Waals surface area contributed by atoms with Gasteiger partial charge in [-0.05, 0) is 42.1 Å². The molecular formula is C17H14N2O4S. The maximum atomic E-state index is 12.8. The minimum atomic E-state index is -0.797. The number of ether oxygens (including phenoxy) is 1. The van der Waals surface area contributed by atoms with Crippen molar-refractivity contribution in [2.24, 2.45) is 0 Å². The van der Waals surface area contributed by atoms with Gasteiger partial charge in [0.1, 0.15) is 11.3 Å². The van der Waals surface area contributed by atoms with Gasteiger partial charge < -0.3 is 4.74 Å². The Morgan fingerprint density at radius 2 is 1.92 bits per heavy atom. The first kappa shape index (κ1) is 15.9. The summed E-state index contributed by atoms with van der Waals surface area (Å²) in [5.74, 6) is -1.02. The fraction of sp³-hybridized carbons (Fsp3) is 0.118. The molecule has 0 saturated carbocycles. The summed E-state index contributed by atoms with van der Waals surface area (Å²) in [7, 11) is 1.45. The molecule has 1 saturated heterocycles. The number of thiophene rings is 1. The van der Waals surface area contributed by atoms with E-state index >= 15 is 0 Å². The number of rotatable bonds is 3. The van der Waals surface area contributed by atoms with Crippen LogP contribution < -0.4 is 15.0 Å². The zero-order valence-corrected chi connectivity index (χ0v) is 13.8. The van der Waals surface area contributed by atoms with E-state index in [4.69, 9.17) is 4.74 Å². The number of anilines is 1. The smallest absolute Gasteiger partial charge is 0.336 e. The van der Waals surface area contributed by atoms with E-state index in [0.29, 0.717) is 5.75 Å². The molecule has 122 valence electrons. The lowest BCUT2D eigenvalue weighted by molar-refractivity contribution is -0.122. The van der Waals surface area contributed by atoms with Crippen molar-refractivity contribution in [1.29, 1.82) is 0 Å². The van der Waals surface area contributed by atoms with Crippen LogP contribution in [0.15, 0.2) is 41.3 Å². The number of nitrogens with zero attached hydrogens (tertiary/aromatic N) is 1. The number of carbonyl (C=O) groups is 3. The number of hydrogen-bond acceptors (Lipinski definition) is 5. The minimum absolute atomic E-state index is 0.0916. The summed E-state index contributed by atoms with van der Waals surface area (Å²) in [5, 5.41) is 4.07. The maximum Gasteiger partial charge on any atom is 0.336 e. The molecule has 1 aliphatic heterocycles. The van der Waals surface area contributed by atoms with Gasteiger partial charge in [0.25, 0.3) is 11.8 Å². The van der Waals surface area contributed by atoms with E-state index in [1.54, 1.807) is 24.3 Å². The number of hydrogen-bond donors (Lipinski definition) is 1. The summed E-state index contributed by atoms with van der Waals surface area (Å²) < 4.78 is 5.21. The number of amides is 4. The van der Waals surface area contributed by atoms with Gasteiger partial charge in [-0.2, -0.15) is 0 Å². The highest BCUT2D eigenvalue weighted by Crippen LogP contribution is 2.31. The van der Waals surface area contributed by atoms with E-state index in [0.717, 1.165) is 15.3 Å². The fourth-order valence-electron chi connectivity index (χ4n) is 2.35. The van der Waals surface area contributed by atoms with Crippen LogP contribution in [0.1, 0.15) is 10.4 Å². The highest BCUT2D eigenvalue weighted by Gasteiger charge is 2.38. The molecule has 0 spiro atoms. The fourth-order valence-corrected chi connectivity index (χ4v) is 3.21. The monoisotopic (exact) mass is 342 g/mol. The van der Waals surface area contributed by atoms with Crippen LogP contribution in [0.25, 0.3) is 6.08 Å². The van der Waals surface area contributed by atoms with Crippen LogP contribution in [0, 0.1) is 6.92 Å². The van der Waals surface area contributed by atoms with E-state index in [9.17, 15) is 14.4 Å². The average Bonchev–Trinajstić information content (AvgIpc) is 2.96. The first-order valence-corrected chi connectivity index (χ1v) is 7.99. The Labute approximate surface area is 142 Å². The lowest BCUT2D eigenvalue weighted by atomic mass is 10.1. The highest BCUT2D eigenvalue weighted by atomic mass is 32.1. The van der Waals surface area contributed by atoms with Gasteiger partial charge in [0.2, 0.25) is 0 Å². The third kappa shape index (κ3) is 2.69. The lowest BCUT2D eigenvalue weighted by Crippen LogP contribution is -2.54.